The highest BCUT2D eigenvalue weighted by atomic mass is 16.6. The molecule has 27 heavy (non-hydrogen) atoms. The fourth-order valence-electron chi connectivity index (χ4n) is 2.88. The van der Waals surface area contributed by atoms with Gasteiger partial charge in [-0.05, 0) is 38.1 Å². The number of hydrogen-bond acceptors (Lipinski definition) is 5. The number of para-hydroxylation sites is 2. The van der Waals surface area contributed by atoms with Crippen molar-refractivity contribution in [3.05, 3.63) is 70.0 Å². The number of carbonyl (C=O) groups excluding carboxylic acids is 2. The number of nitro benzene ring substituents is 1. The molecule has 2 aromatic carbocycles. The first kappa shape index (κ1) is 18.2. The molecule has 3 rings (SSSR count). The average Bonchev–Trinajstić information content (AvgIpc) is 3.08. The van der Waals surface area contributed by atoms with Crippen LogP contribution in [0.3, 0.4) is 0 Å². The van der Waals surface area contributed by atoms with Crippen LogP contribution in [0.5, 0.6) is 0 Å². The van der Waals surface area contributed by atoms with Crippen LogP contribution < -0.4 is 0 Å². The molecule has 0 unspecified atom stereocenters. The maximum absolute atomic E-state index is 13.1. The number of fused-ring (bicyclic) bond motifs is 1. The lowest BCUT2D eigenvalue weighted by molar-refractivity contribution is -0.384. The standard InChI is InChI=1S/C19H18N4O4/c1-3-21(4-2)19(25)17-20-15-7-5-6-8-16(15)22(17)18(24)13-9-11-14(12-10-13)23(26)27/h5-12H,3-4H2,1-2H3. The minimum Gasteiger partial charge on any atom is -0.337 e. The third kappa shape index (κ3) is 3.29. The number of benzene rings is 2. The molecule has 0 N–H and O–H groups in total. The van der Waals surface area contributed by atoms with Gasteiger partial charge in [0.05, 0.1) is 16.0 Å². The number of nitro groups is 1. The summed E-state index contributed by atoms with van der Waals surface area (Å²) in [6, 6.07) is 12.3. The van der Waals surface area contributed by atoms with Gasteiger partial charge in [-0.2, -0.15) is 0 Å². The van der Waals surface area contributed by atoms with Crippen molar-refractivity contribution >= 4 is 28.5 Å². The molecule has 1 amide bonds. The van der Waals surface area contributed by atoms with Crippen LogP contribution in [0.25, 0.3) is 11.0 Å². The highest BCUT2D eigenvalue weighted by Crippen LogP contribution is 2.20. The number of carbonyl (C=O) groups is 2. The first-order chi connectivity index (χ1) is 13.0. The first-order valence-electron chi connectivity index (χ1n) is 8.53. The lowest BCUT2D eigenvalue weighted by Crippen LogP contribution is -2.33. The molecule has 8 heteroatoms. The van der Waals surface area contributed by atoms with Gasteiger partial charge in [-0.3, -0.25) is 24.3 Å². The Balaban J connectivity index is 2.14. The number of hydrogen-bond donors (Lipinski definition) is 0. The van der Waals surface area contributed by atoms with Gasteiger partial charge >= 0.3 is 0 Å². The smallest absolute Gasteiger partial charge is 0.290 e. The van der Waals surface area contributed by atoms with Crippen LogP contribution in [0.15, 0.2) is 48.5 Å². The molecular weight excluding hydrogens is 348 g/mol. The van der Waals surface area contributed by atoms with E-state index in [1.807, 2.05) is 13.8 Å². The highest BCUT2D eigenvalue weighted by Gasteiger charge is 2.25. The number of aromatic nitrogens is 2. The molecule has 0 aliphatic carbocycles. The molecular formula is C19H18N4O4. The number of non-ortho nitro benzene ring substituents is 1. The van der Waals surface area contributed by atoms with Crippen LogP contribution >= 0.6 is 0 Å². The second kappa shape index (κ2) is 7.36. The highest BCUT2D eigenvalue weighted by molar-refractivity contribution is 6.07. The molecule has 0 saturated heterocycles. The Morgan fingerprint density at radius 3 is 2.30 bits per heavy atom. The quantitative estimate of drug-likeness (QED) is 0.510. The normalized spacial score (nSPS) is 10.7. The van der Waals surface area contributed by atoms with Gasteiger partial charge < -0.3 is 4.90 Å². The van der Waals surface area contributed by atoms with Crippen LogP contribution in [0, 0.1) is 10.1 Å². The topological polar surface area (TPSA) is 98.3 Å². The van der Waals surface area contributed by atoms with Crippen molar-refractivity contribution in [2.75, 3.05) is 13.1 Å². The molecule has 0 bridgehead atoms. The fraction of sp³-hybridized carbons (Fsp3) is 0.211. The molecule has 1 aromatic heterocycles. The summed E-state index contributed by atoms with van der Waals surface area (Å²) in [7, 11) is 0. The van der Waals surface area contributed by atoms with E-state index in [-0.39, 0.29) is 23.0 Å². The Kier molecular flexibility index (Phi) is 4.98. The van der Waals surface area contributed by atoms with Gasteiger partial charge in [0.2, 0.25) is 5.82 Å². The number of imidazole rings is 1. The maximum atomic E-state index is 13.1. The molecule has 0 aliphatic rings. The molecule has 0 aliphatic heterocycles. The minimum atomic E-state index is -0.532. The minimum absolute atomic E-state index is 0.0308. The molecule has 138 valence electrons. The van der Waals surface area contributed by atoms with Gasteiger partial charge in [-0.1, -0.05) is 12.1 Å². The number of nitrogens with zero attached hydrogens (tertiary/aromatic N) is 4. The SMILES string of the molecule is CCN(CC)C(=O)c1nc2ccccc2n1C(=O)c1ccc([N+](=O)[O-])cc1. The Labute approximate surface area is 155 Å². The van der Waals surface area contributed by atoms with Gasteiger partial charge in [0.25, 0.3) is 17.5 Å². The van der Waals surface area contributed by atoms with E-state index in [0.29, 0.717) is 24.1 Å². The van der Waals surface area contributed by atoms with Crippen molar-refractivity contribution in [3.8, 4) is 0 Å². The van der Waals surface area contributed by atoms with Crippen LogP contribution in [-0.4, -0.2) is 44.3 Å². The molecule has 0 spiro atoms. The largest absolute Gasteiger partial charge is 0.337 e. The monoisotopic (exact) mass is 366 g/mol. The van der Waals surface area contributed by atoms with Crippen LogP contribution in [0.2, 0.25) is 0 Å². The molecule has 1 heterocycles. The van der Waals surface area contributed by atoms with Crippen LogP contribution in [0.1, 0.15) is 34.8 Å². The summed E-state index contributed by atoms with van der Waals surface area (Å²) >= 11 is 0. The predicted molar refractivity (Wildman–Crippen MR) is 99.8 cm³/mol. The van der Waals surface area contributed by atoms with Gasteiger partial charge in [-0.15, -0.1) is 0 Å². The third-order valence-electron chi connectivity index (χ3n) is 4.33. The van der Waals surface area contributed by atoms with E-state index < -0.39 is 10.8 Å². The molecule has 0 atom stereocenters. The van der Waals surface area contributed by atoms with Crippen LogP contribution in [-0.2, 0) is 0 Å². The van der Waals surface area contributed by atoms with Gasteiger partial charge in [-0.25, -0.2) is 4.98 Å². The first-order valence-corrected chi connectivity index (χ1v) is 8.53. The van der Waals surface area contributed by atoms with Crippen molar-refractivity contribution < 1.29 is 14.5 Å². The van der Waals surface area contributed by atoms with Gasteiger partial charge in [0.15, 0.2) is 0 Å². The van der Waals surface area contributed by atoms with Gasteiger partial charge in [0.1, 0.15) is 0 Å². The van der Waals surface area contributed by atoms with E-state index in [1.54, 1.807) is 29.2 Å². The number of amides is 1. The summed E-state index contributed by atoms with van der Waals surface area (Å²) in [6.45, 7) is 4.69. The van der Waals surface area contributed by atoms with Crippen molar-refractivity contribution in [2.24, 2.45) is 0 Å². The summed E-state index contributed by atoms with van der Waals surface area (Å²) < 4.78 is 1.27. The van der Waals surface area contributed by atoms with E-state index in [0.717, 1.165) is 0 Å². The summed E-state index contributed by atoms with van der Waals surface area (Å²) in [6.07, 6.45) is 0. The Bertz CT molecular complexity index is 1020. The molecule has 0 fully saturated rings. The zero-order valence-corrected chi connectivity index (χ0v) is 15.0. The number of rotatable bonds is 5. The van der Waals surface area contributed by atoms with E-state index in [9.17, 15) is 19.7 Å². The second-order valence-corrected chi connectivity index (χ2v) is 5.85. The van der Waals surface area contributed by atoms with Crippen molar-refractivity contribution in [3.63, 3.8) is 0 Å². The Morgan fingerprint density at radius 1 is 1.07 bits per heavy atom. The molecule has 0 saturated carbocycles. The zero-order valence-electron chi connectivity index (χ0n) is 15.0. The second-order valence-electron chi connectivity index (χ2n) is 5.85. The predicted octanol–water partition coefficient (Wildman–Crippen LogP) is 3.12. The van der Waals surface area contributed by atoms with E-state index in [1.165, 1.54) is 28.8 Å². The van der Waals surface area contributed by atoms with Crippen molar-refractivity contribution in [1.82, 2.24) is 14.5 Å². The third-order valence-corrected chi connectivity index (χ3v) is 4.33. The summed E-state index contributed by atoms with van der Waals surface area (Å²) in [5, 5.41) is 10.8. The van der Waals surface area contributed by atoms with E-state index in [4.69, 9.17) is 0 Å². The lowest BCUT2D eigenvalue weighted by Gasteiger charge is -2.18. The summed E-state index contributed by atoms with van der Waals surface area (Å²) in [5.41, 5.74) is 1.17. The summed E-state index contributed by atoms with van der Waals surface area (Å²) in [4.78, 5) is 42.2. The van der Waals surface area contributed by atoms with Gasteiger partial charge in [0, 0.05) is 30.8 Å². The van der Waals surface area contributed by atoms with E-state index >= 15 is 0 Å². The molecule has 3 aromatic rings. The fourth-order valence-corrected chi connectivity index (χ4v) is 2.88. The van der Waals surface area contributed by atoms with Crippen molar-refractivity contribution in [2.45, 2.75) is 13.8 Å². The zero-order chi connectivity index (χ0) is 19.6. The molecule has 8 nitrogen and oxygen atoms in total. The average molecular weight is 366 g/mol. The maximum Gasteiger partial charge on any atom is 0.290 e. The van der Waals surface area contributed by atoms with Crippen LogP contribution in [0.4, 0.5) is 5.69 Å². The molecule has 0 radical (unpaired) electrons. The Hall–Kier alpha value is -3.55. The Morgan fingerprint density at radius 2 is 1.70 bits per heavy atom. The van der Waals surface area contributed by atoms with Crippen molar-refractivity contribution in [1.29, 1.82) is 0 Å². The van der Waals surface area contributed by atoms with E-state index in [2.05, 4.69) is 4.98 Å². The lowest BCUT2D eigenvalue weighted by atomic mass is 10.2. The summed E-state index contributed by atoms with van der Waals surface area (Å²) in [5.74, 6) is -0.774.